The monoisotopic (exact) mass is 335 g/mol. The molecule has 0 aliphatic carbocycles. The van der Waals surface area contributed by atoms with E-state index in [0.717, 1.165) is 27.5 Å². The topological polar surface area (TPSA) is 49.0 Å². The summed E-state index contributed by atoms with van der Waals surface area (Å²) in [5.41, 5.74) is 3.00. The quantitative estimate of drug-likeness (QED) is 0.580. The van der Waals surface area contributed by atoms with Gasteiger partial charge in [-0.05, 0) is 30.3 Å². The lowest BCUT2D eigenvalue weighted by atomic mass is 10.1. The van der Waals surface area contributed by atoms with Crippen LogP contribution in [-0.2, 0) is 0 Å². The van der Waals surface area contributed by atoms with Gasteiger partial charge in [-0.3, -0.25) is 9.78 Å². The van der Waals surface area contributed by atoms with Gasteiger partial charge in [0.1, 0.15) is 5.69 Å². The van der Waals surface area contributed by atoms with E-state index in [1.165, 1.54) is 0 Å². The number of fused-ring (bicyclic) bond motifs is 3. The van der Waals surface area contributed by atoms with Gasteiger partial charge < -0.3 is 9.88 Å². The second-order valence-corrected chi connectivity index (χ2v) is 6.07. The molecule has 2 aromatic heterocycles. The highest BCUT2D eigenvalue weighted by molar-refractivity contribution is 6.31. The molecular weight excluding hydrogens is 322 g/mol. The number of aromatic nitrogens is 2. The largest absolute Gasteiger partial charge is 0.349 e. The molecule has 0 saturated carbocycles. The Balaban J connectivity index is 1.78. The SMILES string of the molecule is CN(C(=O)c1cc2ccc3cccnc3c2[nH]1)c1cccc(Cl)c1. The molecule has 0 bridgehead atoms. The lowest BCUT2D eigenvalue weighted by Crippen LogP contribution is -2.26. The van der Waals surface area contributed by atoms with Crippen LogP contribution in [0.5, 0.6) is 0 Å². The summed E-state index contributed by atoms with van der Waals surface area (Å²) >= 11 is 6.02. The van der Waals surface area contributed by atoms with E-state index >= 15 is 0 Å². The van der Waals surface area contributed by atoms with Crippen molar-refractivity contribution < 1.29 is 4.79 Å². The molecule has 2 heterocycles. The van der Waals surface area contributed by atoms with Gasteiger partial charge in [0.2, 0.25) is 0 Å². The molecule has 118 valence electrons. The lowest BCUT2D eigenvalue weighted by Gasteiger charge is -2.16. The molecule has 0 radical (unpaired) electrons. The van der Waals surface area contributed by atoms with E-state index in [0.29, 0.717) is 10.7 Å². The zero-order chi connectivity index (χ0) is 16.7. The number of benzene rings is 2. The molecule has 0 fully saturated rings. The Kier molecular flexibility index (Phi) is 3.47. The van der Waals surface area contributed by atoms with Crippen LogP contribution in [-0.4, -0.2) is 22.9 Å². The third kappa shape index (κ3) is 2.41. The average molecular weight is 336 g/mol. The molecule has 0 saturated heterocycles. The normalized spacial score (nSPS) is 11.1. The van der Waals surface area contributed by atoms with Crippen molar-refractivity contribution in [2.75, 3.05) is 11.9 Å². The van der Waals surface area contributed by atoms with Gasteiger partial charge in [0.25, 0.3) is 5.91 Å². The van der Waals surface area contributed by atoms with E-state index in [1.807, 2.05) is 42.5 Å². The highest BCUT2D eigenvalue weighted by atomic mass is 35.5. The van der Waals surface area contributed by atoms with Crippen LogP contribution in [0.2, 0.25) is 5.02 Å². The Hall–Kier alpha value is -2.85. The van der Waals surface area contributed by atoms with Gasteiger partial charge in [0, 0.05) is 34.7 Å². The fraction of sp³-hybridized carbons (Fsp3) is 0.0526. The van der Waals surface area contributed by atoms with Gasteiger partial charge in [0.15, 0.2) is 0 Å². The predicted molar refractivity (Wildman–Crippen MR) is 97.8 cm³/mol. The standard InChI is InChI=1S/C19H14ClN3O/c1-23(15-6-2-5-14(20)11-15)19(24)16-10-13-8-7-12-4-3-9-21-17(12)18(13)22-16/h2-11,22H,1H3. The first-order valence-corrected chi connectivity index (χ1v) is 7.91. The third-order valence-corrected chi connectivity index (χ3v) is 4.33. The summed E-state index contributed by atoms with van der Waals surface area (Å²) in [6.07, 6.45) is 1.75. The van der Waals surface area contributed by atoms with E-state index in [-0.39, 0.29) is 5.91 Å². The second-order valence-electron chi connectivity index (χ2n) is 5.63. The van der Waals surface area contributed by atoms with Gasteiger partial charge in [0.05, 0.1) is 11.0 Å². The zero-order valence-corrected chi connectivity index (χ0v) is 13.7. The van der Waals surface area contributed by atoms with Crippen LogP contribution in [0.25, 0.3) is 21.8 Å². The van der Waals surface area contributed by atoms with Crippen LogP contribution >= 0.6 is 11.6 Å². The molecule has 0 unspecified atom stereocenters. The van der Waals surface area contributed by atoms with Crippen molar-refractivity contribution in [2.45, 2.75) is 0 Å². The zero-order valence-electron chi connectivity index (χ0n) is 13.0. The van der Waals surface area contributed by atoms with Crippen LogP contribution < -0.4 is 4.90 Å². The number of hydrogen-bond donors (Lipinski definition) is 1. The smallest absolute Gasteiger partial charge is 0.274 e. The molecular formula is C19H14ClN3O. The number of rotatable bonds is 2. The number of carbonyl (C=O) groups is 1. The molecule has 4 rings (SSSR count). The number of halogens is 1. The molecule has 1 N–H and O–H groups in total. The first-order chi connectivity index (χ1) is 11.6. The number of hydrogen-bond acceptors (Lipinski definition) is 2. The molecule has 0 aliphatic rings. The van der Waals surface area contributed by atoms with Gasteiger partial charge in [-0.2, -0.15) is 0 Å². The summed E-state index contributed by atoms with van der Waals surface area (Å²) < 4.78 is 0. The van der Waals surface area contributed by atoms with Gasteiger partial charge in [-0.25, -0.2) is 0 Å². The second kappa shape index (κ2) is 5.65. The number of carbonyl (C=O) groups excluding carboxylic acids is 1. The van der Waals surface area contributed by atoms with Gasteiger partial charge in [-0.1, -0.05) is 35.9 Å². The predicted octanol–water partition coefficient (Wildman–Crippen LogP) is 4.65. The van der Waals surface area contributed by atoms with E-state index in [2.05, 4.69) is 9.97 Å². The van der Waals surface area contributed by atoms with E-state index < -0.39 is 0 Å². The number of nitrogens with one attached hydrogen (secondary N) is 1. The van der Waals surface area contributed by atoms with Gasteiger partial charge in [-0.15, -0.1) is 0 Å². The summed E-state index contributed by atoms with van der Waals surface area (Å²) in [6, 6.07) is 17.0. The van der Waals surface area contributed by atoms with Crippen molar-refractivity contribution >= 4 is 45.0 Å². The van der Waals surface area contributed by atoms with Crippen molar-refractivity contribution in [1.82, 2.24) is 9.97 Å². The lowest BCUT2D eigenvalue weighted by molar-refractivity contribution is 0.0989. The van der Waals surface area contributed by atoms with E-state index in [1.54, 1.807) is 30.3 Å². The summed E-state index contributed by atoms with van der Waals surface area (Å²) in [4.78, 5) is 22.0. The van der Waals surface area contributed by atoms with Crippen molar-refractivity contribution in [3.8, 4) is 0 Å². The maximum absolute atomic E-state index is 12.8. The number of anilines is 1. The van der Waals surface area contributed by atoms with Crippen LogP contribution in [0.4, 0.5) is 5.69 Å². The number of amides is 1. The van der Waals surface area contributed by atoms with Crippen LogP contribution in [0.1, 0.15) is 10.5 Å². The molecule has 4 nitrogen and oxygen atoms in total. The molecule has 0 aliphatic heterocycles. The minimum atomic E-state index is -0.127. The van der Waals surface area contributed by atoms with Crippen LogP contribution in [0.15, 0.2) is 60.8 Å². The Bertz CT molecular complexity index is 1070. The number of pyridine rings is 1. The van der Waals surface area contributed by atoms with E-state index in [4.69, 9.17) is 11.6 Å². The maximum atomic E-state index is 12.8. The molecule has 1 amide bonds. The molecule has 5 heteroatoms. The Morgan fingerprint density at radius 1 is 1.08 bits per heavy atom. The minimum Gasteiger partial charge on any atom is -0.349 e. The number of nitrogens with zero attached hydrogens (tertiary/aromatic N) is 2. The average Bonchev–Trinajstić information content (AvgIpc) is 3.05. The fourth-order valence-electron chi connectivity index (χ4n) is 2.84. The molecule has 2 aromatic carbocycles. The Morgan fingerprint density at radius 3 is 2.75 bits per heavy atom. The van der Waals surface area contributed by atoms with Crippen molar-refractivity contribution in [3.63, 3.8) is 0 Å². The number of H-pyrrole nitrogens is 1. The van der Waals surface area contributed by atoms with E-state index in [9.17, 15) is 4.79 Å². The molecule has 0 spiro atoms. The van der Waals surface area contributed by atoms with Crippen molar-refractivity contribution in [1.29, 1.82) is 0 Å². The first-order valence-electron chi connectivity index (χ1n) is 7.53. The highest BCUT2D eigenvalue weighted by Gasteiger charge is 2.17. The summed E-state index contributed by atoms with van der Waals surface area (Å²) in [5.74, 6) is -0.127. The van der Waals surface area contributed by atoms with Crippen LogP contribution in [0.3, 0.4) is 0 Å². The first kappa shape index (κ1) is 14.7. The van der Waals surface area contributed by atoms with Gasteiger partial charge >= 0.3 is 0 Å². The van der Waals surface area contributed by atoms with Crippen molar-refractivity contribution in [3.05, 3.63) is 71.5 Å². The minimum absolute atomic E-state index is 0.127. The molecule has 4 aromatic rings. The fourth-order valence-corrected chi connectivity index (χ4v) is 3.02. The summed E-state index contributed by atoms with van der Waals surface area (Å²) in [7, 11) is 1.73. The summed E-state index contributed by atoms with van der Waals surface area (Å²) in [5, 5.41) is 2.59. The third-order valence-electron chi connectivity index (χ3n) is 4.10. The van der Waals surface area contributed by atoms with Crippen molar-refractivity contribution in [2.24, 2.45) is 0 Å². The number of aromatic amines is 1. The molecule has 24 heavy (non-hydrogen) atoms. The highest BCUT2D eigenvalue weighted by Crippen LogP contribution is 2.25. The maximum Gasteiger partial charge on any atom is 0.274 e. The molecule has 0 atom stereocenters. The summed E-state index contributed by atoms with van der Waals surface area (Å²) in [6.45, 7) is 0. The Morgan fingerprint density at radius 2 is 1.92 bits per heavy atom. The Labute approximate surface area is 143 Å². The van der Waals surface area contributed by atoms with Crippen LogP contribution in [0, 0.1) is 0 Å².